The number of rotatable bonds is 13. The summed E-state index contributed by atoms with van der Waals surface area (Å²) in [5.74, 6) is 0.683. The number of fused-ring (bicyclic) bond motifs is 1. The molecule has 1 aliphatic rings. The molecule has 3 aromatic carbocycles. The van der Waals surface area contributed by atoms with E-state index in [0.717, 1.165) is 84.9 Å². The van der Waals surface area contributed by atoms with E-state index in [2.05, 4.69) is 30.7 Å². The normalized spacial score (nSPS) is 15.0. The first-order valence-corrected chi connectivity index (χ1v) is 18.2. The van der Waals surface area contributed by atoms with E-state index < -0.39 is 11.5 Å². The summed E-state index contributed by atoms with van der Waals surface area (Å²) < 4.78 is 2.19. The fraction of sp³-hybridized carbons (Fsp3) is 0.436. The highest BCUT2D eigenvalue weighted by Crippen LogP contribution is 2.31. The molecule has 0 bridgehead atoms. The molecule has 254 valence electrons. The van der Waals surface area contributed by atoms with E-state index >= 15 is 0 Å². The number of nitrogens with zero attached hydrogens (tertiary/aromatic N) is 2. The standard InChI is InChI=1S/C39H48N4O4S/c1-5-11-34-42-35-26(4)21-29(36(44)41-30(20-25(2)3)24-48-38(47)39(40)18-9-6-10-19-39)22-33(35)43(34)23-27-14-16-28(17-15-27)31-12-7-8-13-32(31)37(45)46/h7-8,12-17,21-22,25,30H,5-6,9-11,18-20,23-24,40H2,1-4H3,(H,41,44)(H,45,46)/t30-/m1/s1. The minimum absolute atomic E-state index is 0.0361. The van der Waals surface area contributed by atoms with E-state index in [9.17, 15) is 19.5 Å². The molecule has 1 saturated carbocycles. The molecule has 4 aromatic rings. The number of carboxylic acid groups (broad SMARTS) is 1. The number of aryl methyl sites for hydroxylation is 2. The Bertz CT molecular complexity index is 1770. The maximum atomic E-state index is 13.8. The molecule has 1 aromatic heterocycles. The lowest BCUT2D eigenvalue weighted by Gasteiger charge is -2.31. The third-order valence-electron chi connectivity index (χ3n) is 9.28. The van der Waals surface area contributed by atoms with Crippen LogP contribution in [0.1, 0.15) is 103 Å². The number of thioether (sulfide) groups is 1. The maximum absolute atomic E-state index is 13.8. The van der Waals surface area contributed by atoms with Gasteiger partial charge in [0, 0.05) is 30.3 Å². The van der Waals surface area contributed by atoms with Crippen LogP contribution in [-0.4, -0.2) is 49.0 Å². The van der Waals surface area contributed by atoms with E-state index in [-0.39, 0.29) is 22.6 Å². The number of aromatic nitrogens is 2. The zero-order chi connectivity index (χ0) is 34.4. The van der Waals surface area contributed by atoms with Gasteiger partial charge in [0.25, 0.3) is 5.91 Å². The fourth-order valence-corrected chi connectivity index (χ4v) is 7.83. The highest BCUT2D eigenvalue weighted by Gasteiger charge is 2.35. The van der Waals surface area contributed by atoms with Gasteiger partial charge in [-0.15, -0.1) is 0 Å². The summed E-state index contributed by atoms with van der Waals surface area (Å²) in [5.41, 5.74) is 11.9. The van der Waals surface area contributed by atoms with E-state index in [1.807, 2.05) is 55.5 Å². The molecule has 48 heavy (non-hydrogen) atoms. The third kappa shape index (κ3) is 8.18. The average Bonchev–Trinajstić information content (AvgIpc) is 3.41. The Balaban J connectivity index is 1.38. The highest BCUT2D eigenvalue weighted by molar-refractivity contribution is 8.13. The van der Waals surface area contributed by atoms with E-state index in [4.69, 9.17) is 10.7 Å². The van der Waals surface area contributed by atoms with Gasteiger partial charge in [-0.25, -0.2) is 9.78 Å². The van der Waals surface area contributed by atoms with Crippen LogP contribution in [0.15, 0.2) is 60.7 Å². The van der Waals surface area contributed by atoms with Crippen molar-refractivity contribution in [1.29, 1.82) is 0 Å². The zero-order valence-electron chi connectivity index (χ0n) is 28.6. The predicted octanol–water partition coefficient (Wildman–Crippen LogP) is 7.78. The van der Waals surface area contributed by atoms with Crippen molar-refractivity contribution in [2.45, 2.75) is 97.2 Å². The molecule has 5 rings (SSSR count). The number of imidazole rings is 1. The topological polar surface area (TPSA) is 127 Å². The van der Waals surface area contributed by atoms with Crippen molar-refractivity contribution in [3.05, 3.63) is 88.7 Å². The Morgan fingerprint density at radius 2 is 1.75 bits per heavy atom. The summed E-state index contributed by atoms with van der Waals surface area (Å²) in [4.78, 5) is 43.7. The van der Waals surface area contributed by atoms with E-state index in [1.165, 1.54) is 11.8 Å². The second-order valence-corrected chi connectivity index (χ2v) is 14.7. The van der Waals surface area contributed by atoms with E-state index in [0.29, 0.717) is 29.3 Å². The molecular formula is C39H48N4O4S. The molecule has 0 spiro atoms. The number of carbonyl (C=O) groups is 3. The van der Waals surface area contributed by atoms with Gasteiger partial charge in [0.15, 0.2) is 0 Å². The minimum atomic E-state index is -0.954. The molecule has 1 aliphatic carbocycles. The van der Waals surface area contributed by atoms with Crippen molar-refractivity contribution in [3.8, 4) is 11.1 Å². The third-order valence-corrected chi connectivity index (χ3v) is 10.5. The Kier molecular flexibility index (Phi) is 11.4. The van der Waals surface area contributed by atoms with Gasteiger partial charge >= 0.3 is 5.97 Å². The fourth-order valence-electron chi connectivity index (χ4n) is 6.77. The molecule has 0 radical (unpaired) electrons. The van der Waals surface area contributed by atoms with Crippen LogP contribution < -0.4 is 11.1 Å². The summed E-state index contributed by atoms with van der Waals surface area (Å²) in [7, 11) is 0. The van der Waals surface area contributed by atoms with E-state index in [1.54, 1.807) is 12.1 Å². The van der Waals surface area contributed by atoms with Crippen LogP contribution in [0.2, 0.25) is 0 Å². The Hall–Kier alpha value is -3.95. The second kappa shape index (κ2) is 15.5. The van der Waals surface area contributed by atoms with Gasteiger partial charge in [-0.3, -0.25) is 9.59 Å². The molecule has 0 saturated heterocycles. The van der Waals surface area contributed by atoms with Crippen molar-refractivity contribution in [2.24, 2.45) is 11.7 Å². The molecule has 8 nitrogen and oxygen atoms in total. The van der Waals surface area contributed by atoms with Crippen LogP contribution in [0.3, 0.4) is 0 Å². The van der Waals surface area contributed by atoms with Crippen LogP contribution >= 0.6 is 11.8 Å². The van der Waals surface area contributed by atoms with Crippen LogP contribution in [0, 0.1) is 12.8 Å². The molecule has 0 aliphatic heterocycles. The lowest BCUT2D eigenvalue weighted by atomic mass is 9.84. The van der Waals surface area contributed by atoms with Crippen LogP contribution in [0.4, 0.5) is 0 Å². The van der Waals surface area contributed by atoms with Gasteiger partial charge in [0.05, 0.1) is 22.1 Å². The number of hydrogen-bond acceptors (Lipinski definition) is 6. The quantitative estimate of drug-likeness (QED) is 0.133. The van der Waals surface area contributed by atoms with Gasteiger partial charge in [-0.2, -0.15) is 0 Å². The minimum Gasteiger partial charge on any atom is -0.478 e. The zero-order valence-corrected chi connectivity index (χ0v) is 29.4. The SMILES string of the molecule is CCCc1nc2c(C)cc(C(=O)N[C@@H](CSC(=O)C3(N)CCCCC3)CC(C)C)cc2n1Cc1ccc(-c2ccccc2C(=O)O)cc1. The number of carboxylic acids is 1. The molecule has 4 N–H and O–H groups in total. The monoisotopic (exact) mass is 668 g/mol. The van der Waals surface area contributed by atoms with Crippen molar-refractivity contribution >= 4 is 39.8 Å². The van der Waals surface area contributed by atoms with Crippen molar-refractivity contribution < 1.29 is 19.5 Å². The van der Waals surface area contributed by atoms with Gasteiger partial charge in [0.1, 0.15) is 5.82 Å². The van der Waals surface area contributed by atoms with Gasteiger partial charge in [0.2, 0.25) is 5.12 Å². The van der Waals surface area contributed by atoms with Crippen molar-refractivity contribution in [1.82, 2.24) is 14.9 Å². The van der Waals surface area contributed by atoms with Gasteiger partial charge in [-0.05, 0) is 79.0 Å². The highest BCUT2D eigenvalue weighted by atomic mass is 32.2. The molecule has 1 amide bonds. The summed E-state index contributed by atoms with van der Waals surface area (Å²) in [6, 6.07) is 18.6. The number of nitrogens with two attached hydrogens (primary N) is 1. The number of nitrogens with one attached hydrogen (secondary N) is 1. The van der Waals surface area contributed by atoms with Crippen molar-refractivity contribution in [3.63, 3.8) is 0 Å². The molecule has 1 fully saturated rings. The lowest BCUT2D eigenvalue weighted by molar-refractivity contribution is -0.116. The maximum Gasteiger partial charge on any atom is 0.336 e. The summed E-state index contributed by atoms with van der Waals surface area (Å²) >= 11 is 1.27. The summed E-state index contributed by atoms with van der Waals surface area (Å²) in [5, 5.41) is 12.9. The Morgan fingerprint density at radius 1 is 1.04 bits per heavy atom. The number of amides is 1. The predicted molar refractivity (Wildman–Crippen MR) is 195 cm³/mol. The van der Waals surface area contributed by atoms with Crippen LogP contribution in [0.25, 0.3) is 22.2 Å². The number of benzene rings is 3. The van der Waals surface area contributed by atoms with Crippen molar-refractivity contribution in [2.75, 3.05) is 5.75 Å². The van der Waals surface area contributed by atoms with Gasteiger partial charge in [-0.1, -0.05) is 94.3 Å². The molecular weight excluding hydrogens is 621 g/mol. The summed E-state index contributed by atoms with van der Waals surface area (Å²) in [6.45, 7) is 8.93. The Labute approximate surface area is 287 Å². The molecule has 1 atom stereocenters. The summed E-state index contributed by atoms with van der Waals surface area (Å²) in [6.07, 6.45) is 7.05. The lowest BCUT2D eigenvalue weighted by Crippen LogP contribution is -2.48. The first-order valence-electron chi connectivity index (χ1n) is 17.2. The first-order chi connectivity index (χ1) is 23.0. The van der Waals surface area contributed by atoms with Gasteiger partial charge < -0.3 is 20.7 Å². The largest absolute Gasteiger partial charge is 0.478 e. The average molecular weight is 669 g/mol. The molecule has 1 heterocycles. The number of hydrogen-bond donors (Lipinski definition) is 3. The number of aromatic carboxylic acids is 1. The first kappa shape index (κ1) is 35.4. The van der Waals surface area contributed by atoms with Crippen LogP contribution in [0.5, 0.6) is 0 Å². The molecule has 0 unspecified atom stereocenters. The molecule has 9 heteroatoms. The van der Waals surface area contributed by atoms with Crippen LogP contribution in [-0.2, 0) is 17.8 Å². The smallest absolute Gasteiger partial charge is 0.336 e. The Morgan fingerprint density at radius 3 is 2.42 bits per heavy atom. The second-order valence-electron chi connectivity index (χ2n) is 13.7. The number of carbonyl (C=O) groups excluding carboxylic acids is 2.